The minimum Gasteiger partial charge on any atom is -0.389 e. The molecule has 3 heteroatoms. The Hall–Kier alpha value is -0.560. The van der Waals surface area contributed by atoms with Crippen LogP contribution in [0.5, 0.6) is 0 Å². The molecule has 62 valence electrons. The number of rotatable bonds is 3. The molecular weight excluding hydrogens is 142 g/mol. The van der Waals surface area contributed by atoms with Crippen molar-refractivity contribution in [3.05, 3.63) is 0 Å². The maximum absolute atomic E-state index is 9.25. The molecule has 11 heavy (non-hydrogen) atoms. The van der Waals surface area contributed by atoms with Gasteiger partial charge in [0.25, 0.3) is 0 Å². The quantitative estimate of drug-likeness (QED) is 0.421. The van der Waals surface area contributed by atoms with Gasteiger partial charge >= 0.3 is 0 Å². The van der Waals surface area contributed by atoms with E-state index in [1.165, 1.54) is 0 Å². The maximum atomic E-state index is 9.25. The van der Waals surface area contributed by atoms with E-state index in [4.69, 9.17) is 11.2 Å². The molecule has 0 bridgehead atoms. The van der Waals surface area contributed by atoms with E-state index in [-0.39, 0.29) is 12.1 Å². The standard InChI is InChI=1S/C8H13NO2/c1-2-3-4-9-7-5-11-6-8(7)10/h1,7-10H,3-6H2/t7-,8-/m1/s1. The lowest BCUT2D eigenvalue weighted by Gasteiger charge is -2.12. The molecule has 1 fully saturated rings. The van der Waals surface area contributed by atoms with Crippen LogP contribution in [0, 0.1) is 12.3 Å². The first-order chi connectivity index (χ1) is 5.34. The Labute approximate surface area is 66.7 Å². The van der Waals surface area contributed by atoms with Gasteiger partial charge in [-0.25, -0.2) is 0 Å². The van der Waals surface area contributed by atoms with E-state index < -0.39 is 0 Å². The Morgan fingerprint density at radius 2 is 2.45 bits per heavy atom. The number of hydrogen-bond donors (Lipinski definition) is 2. The fourth-order valence-corrected chi connectivity index (χ4v) is 1.07. The van der Waals surface area contributed by atoms with Crippen LogP contribution >= 0.6 is 0 Å². The molecule has 0 aromatic heterocycles. The smallest absolute Gasteiger partial charge is 0.0948 e. The molecule has 3 nitrogen and oxygen atoms in total. The first kappa shape index (κ1) is 8.54. The van der Waals surface area contributed by atoms with Gasteiger partial charge < -0.3 is 15.2 Å². The van der Waals surface area contributed by atoms with Crippen molar-refractivity contribution in [2.24, 2.45) is 0 Å². The molecule has 1 aliphatic heterocycles. The predicted octanol–water partition coefficient (Wildman–Crippen LogP) is -0.641. The summed E-state index contributed by atoms with van der Waals surface area (Å²) in [5, 5.41) is 12.4. The molecule has 1 heterocycles. The Morgan fingerprint density at radius 3 is 3.00 bits per heavy atom. The van der Waals surface area contributed by atoms with Gasteiger partial charge in [-0.2, -0.15) is 0 Å². The van der Waals surface area contributed by atoms with E-state index in [1.807, 2.05) is 0 Å². The Balaban J connectivity index is 2.11. The number of hydrogen-bond acceptors (Lipinski definition) is 3. The highest BCUT2D eigenvalue weighted by molar-refractivity contribution is 4.87. The molecule has 0 aromatic carbocycles. The fraction of sp³-hybridized carbons (Fsp3) is 0.750. The van der Waals surface area contributed by atoms with Gasteiger partial charge in [0, 0.05) is 13.0 Å². The van der Waals surface area contributed by atoms with Gasteiger partial charge in [-0.3, -0.25) is 0 Å². The van der Waals surface area contributed by atoms with Crippen LogP contribution < -0.4 is 5.32 Å². The van der Waals surface area contributed by atoms with Crippen molar-refractivity contribution in [2.45, 2.75) is 18.6 Å². The second kappa shape index (κ2) is 4.35. The van der Waals surface area contributed by atoms with Crippen molar-refractivity contribution < 1.29 is 9.84 Å². The van der Waals surface area contributed by atoms with Crippen LogP contribution in [-0.4, -0.2) is 37.0 Å². The summed E-state index contributed by atoms with van der Waals surface area (Å²) in [4.78, 5) is 0. The Morgan fingerprint density at radius 1 is 1.64 bits per heavy atom. The highest BCUT2D eigenvalue weighted by atomic mass is 16.5. The van der Waals surface area contributed by atoms with E-state index >= 15 is 0 Å². The Kier molecular flexibility index (Phi) is 3.37. The summed E-state index contributed by atoms with van der Waals surface area (Å²) < 4.78 is 5.04. The van der Waals surface area contributed by atoms with Crippen molar-refractivity contribution >= 4 is 0 Å². The lowest BCUT2D eigenvalue weighted by atomic mass is 10.2. The number of terminal acetylenes is 1. The topological polar surface area (TPSA) is 41.5 Å². The van der Waals surface area contributed by atoms with Crippen molar-refractivity contribution in [3.63, 3.8) is 0 Å². The van der Waals surface area contributed by atoms with Crippen molar-refractivity contribution in [3.8, 4) is 12.3 Å². The number of aliphatic hydroxyl groups excluding tert-OH is 1. The predicted molar refractivity (Wildman–Crippen MR) is 42.1 cm³/mol. The molecule has 0 aliphatic carbocycles. The van der Waals surface area contributed by atoms with Crippen LogP contribution in [-0.2, 0) is 4.74 Å². The highest BCUT2D eigenvalue weighted by Gasteiger charge is 2.24. The third kappa shape index (κ3) is 2.51. The zero-order valence-electron chi connectivity index (χ0n) is 6.42. The number of nitrogens with one attached hydrogen (secondary N) is 1. The normalized spacial score (nSPS) is 30.2. The largest absolute Gasteiger partial charge is 0.389 e. The van der Waals surface area contributed by atoms with Crippen molar-refractivity contribution in [1.82, 2.24) is 5.32 Å². The van der Waals surface area contributed by atoms with Gasteiger partial charge in [0.1, 0.15) is 0 Å². The van der Waals surface area contributed by atoms with Gasteiger partial charge in [0.05, 0.1) is 25.4 Å². The SMILES string of the molecule is C#CCCN[C@@H]1COC[C@H]1O. The lowest BCUT2D eigenvalue weighted by molar-refractivity contribution is 0.122. The zero-order chi connectivity index (χ0) is 8.10. The fourth-order valence-electron chi connectivity index (χ4n) is 1.07. The van der Waals surface area contributed by atoms with Crippen LogP contribution in [0.25, 0.3) is 0 Å². The van der Waals surface area contributed by atoms with E-state index in [0.29, 0.717) is 19.6 Å². The van der Waals surface area contributed by atoms with E-state index in [0.717, 1.165) is 6.54 Å². The first-order valence-corrected chi connectivity index (χ1v) is 3.77. The average molecular weight is 155 g/mol. The summed E-state index contributed by atoms with van der Waals surface area (Å²) in [5.41, 5.74) is 0. The molecule has 0 aromatic rings. The highest BCUT2D eigenvalue weighted by Crippen LogP contribution is 2.04. The van der Waals surface area contributed by atoms with Gasteiger partial charge in [0.2, 0.25) is 0 Å². The van der Waals surface area contributed by atoms with E-state index in [1.54, 1.807) is 0 Å². The first-order valence-electron chi connectivity index (χ1n) is 3.77. The number of aliphatic hydroxyl groups is 1. The molecule has 2 N–H and O–H groups in total. The second-order valence-corrected chi connectivity index (χ2v) is 2.62. The van der Waals surface area contributed by atoms with E-state index in [2.05, 4.69) is 11.2 Å². The van der Waals surface area contributed by atoms with E-state index in [9.17, 15) is 5.11 Å². The number of ether oxygens (including phenoxy) is 1. The molecular formula is C8H13NO2. The van der Waals surface area contributed by atoms with Crippen LogP contribution in [0.2, 0.25) is 0 Å². The molecule has 1 rings (SSSR count). The minimum atomic E-state index is -0.368. The van der Waals surface area contributed by atoms with Crippen LogP contribution in [0.15, 0.2) is 0 Å². The molecule has 0 unspecified atom stereocenters. The monoisotopic (exact) mass is 155 g/mol. The summed E-state index contributed by atoms with van der Waals surface area (Å²) in [7, 11) is 0. The van der Waals surface area contributed by atoms with Gasteiger partial charge in [-0.05, 0) is 0 Å². The van der Waals surface area contributed by atoms with Gasteiger partial charge in [-0.1, -0.05) is 0 Å². The summed E-state index contributed by atoms with van der Waals surface area (Å²) >= 11 is 0. The third-order valence-electron chi connectivity index (χ3n) is 1.73. The van der Waals surface area contributed by atoms with Crippen LogP contribution in [0.4, 0.5) is 0 Å². The Bertz CT molecular complexity index is 153. The van der Waals surface area contributed by atoms with Crippen molar-refractivity contribution in [2.75, 3.05) is 19.8 Å². The third-order valence-corrected chi connectivity index (χ3v) is 1.73. The summed E-state index contributed by atoms with van der Waals surface area (Å²) in [6, 6.07) is 0.0725. The second-order valence-electron chi connectivity index (χ2n) is 2.62. The average Bonchev–Trinajstić information content (AvgIpc) is 2.37. The van der Waals surface area contributed by atoms with Gasteiger partial charge in [0.15, 0.2) is 0 Å². The molecule has 0 spiro atoms. The van der Waals surface area contributed by atoms with Crippen LogP contribution in [0.1, 0.15) is 6.42 Å². The minimum absolute atomic E-state index is 0.0725. The van der Waals surface area contributed by atoms with Gasteiger partial charge in [-0.15, -0.1) is 12.3 Å². The molecule has 2 atom stereocenters. The lowest BCUT2D eigenvalue weighted by Crippen LogP contribution is -2.39. The maximum Gasteiger partial charge on any atom is 0.0948 e. The molecule has 0 radical (unpaired) electrons. The van der Waals surface area contributed by atoms with Crippen LogP contribution in [0.3, 0.4) is 0 Å². The zero-order valence-corrected chi connectivity index (χ0v) is 6.42. The molecule has 1 aliphatic rings. The summed E-state index contributed by atoms with van der Waals surface area (Å²) in [5.74, 6) is 2.52. The molecule has 0 amide bonds. The summed E-state index contributed by atoms with van der Waals surface area (Å²) in [6.07, 6.45) is 5.39. The molecule has 1 saturated heterocycles. The summed E-state index contributed by atoms with van der Waals surface area (Å²) in [6.45, 7) is 1.78. The van der Waals surface area contributed by atoms with Crippen molar-refractivity contribution in [1.29, 1.82) is 0 Å². The molecule has 0 saturated carbocycles.